The smallest absolute Gasteiger partial charge is 0.258 e. The van der Waals surface area contributed by atoms with E-state index in [9.17, 15) is 14.0 Å². The van der Waals surface area contributed by atoms with Crippen molar-refractivity contribution in [2.45, 2.75) is 31.1 Å². The Morgan fingerprint density at radius 1 is 1.03 bits per heavy atom. The van der Waals surface area contributed by atoms with Gasteiger partial charge in [0.15, 0.2) is 0 Å². The van der Waals surface area contributed by atoms with Gasteiger partial charge in [-0.1, -0.05) is 42.6 Å². The second kappa shape index (κ2) is 10.2. The summed E-state index contributed by atoms with van der Waals surface area (Å²) in [5.41, 5.74) is 1.12. The Morgan fingerprint density at radius 3 is 2.41 bits per heavy atom. The van der Waals surface area contributed by atoms with E-state index in [0.717, 1.165) is 31.2 Å². The van der Waals surface area contributed by atoms with Gasteiger partial charge in [0.05, 0.1) is 28.2 Å². The van der Waals surface area contributed by atoms with Gasteiger partial charge in [0.1, 0.15) is 11.6 Å². The summed E-state index contributed by atoms with van der Waals surface area (Å²) in [6, 6.07) is 16.9. The number of carbonyl (C=O) groups excluding carboxylic acids is 2. The summed E-state index contributed by atoms with van der Waals surface area (Å²) in [5, 5.41) is 6.31. The maximum absolute atomic E-state index is 14.3. The van der Waals surface area contributed by atoms with Crippen molar-refractivity contribution < 1.29 is 18.7 Å². The Kier molecular flexibility index (Phi) is 7.24. The van der Waals surface area contributed by atoms with Crippen LogP contribution >= 0.6 is 27.5 Å². The molecule has 0 heterocycles. The summed E-state index contributed by atoms with van der Waals surface area (Å²) in [5.74, 6) is -1.01. The van der Waals surface area contributed by atoms with Crippen LogP contribution in [0.3, 0.4) is 0 Å². The minimum Gasteiger partial charge on any atom is -0.494 e. The fraction of sp³-hybridized carbons (Fsp3) is 0.231. The van der Waals surface area contributed by atoms with Crippen molar-refractivity contribution in [1.29, 1.82) is 0 Å². The highest BCUT2D eigenvalue weighted by Crippen LogP contribution is 2.42. The maximum atomic E-state index is 14.3. The highest BCUT2D eigenvalue weighted by molar-refractivity contribution is 9.10. The number of nitrogens with one attached hydrogen (secondary N) is 2. The number of halogens is 3. The first kappa shape index (κ1) is 24.2. The third-order valence-electron chi connectivity index (χ3n) is 6.19. The third kappa shape index (κ3) is 4.81. The van der Waals surface area contributed by atoms with Crippen molar-refractivity contribution in [1.82, 2.24) is 0 Å². The molecule has 0 unspecified atom stereocenters. The van der Waals surface area contributed by atoms with E-state index in [4.69, 9.17) is 16.3 Å². The largest absolute Gasteiger partial charge is 0.494 e. The number of amides is 2. The Morgan fingerprint density at radius 2 is 1.74 bits per heavy atom. The number of anilines is 2. The molecule has 2 amide bonds. The SMILES string of the molecule is COc1cc(NC(=O)C2(c3ccc(Cl)cc3)CCCC2)ccc1NC(=O)c1cccc(Br)c1F. The quantitative estimate of drug-likeness (QED) is 0.352. The molecule has 0 spiro atoms. The number of methoxy groups -OCH3 is 1. The van der Waals surface area contributed by atoms with Gasteiger partial charge < -0.3 is 15.4 Å². The van der Waals surface area contributed by atoms with E-state index < -0.39 is 17.1 Å². The molecule has 3 aromatic carbocycles. The molecular weight excluding hydrogens is 523 g/mol. The lowest BCUT2D eigenvalue weighted by atomic mass is 9.78. The predicted octanol–water partition coefficient (Wildman–Crippen LogP) is 6.95. The monoisotopic (exact) mass is 544 g/mol. The van der Waals surface area contributed by atoms with Crippen LogP contribution in [-0.4, -0.2) is 18.9 Å². The summed E-state index contributed by atoms with van der Waals surface area (Å²) in [4.78, 5) is 26.0. The van der Waals surface area contributed by atoms with Crippen LogP contribution in [0, 0.1) is 5.82 Å². The molecule has 1 fully saturated rings. The van der Waals surface area contributed by atoms with Crippen LogP contribution in [0.25, 0.3) is 0 Å². The average molecular weight is 546 g/mol. The normalized spacial score (nSPS) is 14.5. The minimum absolute atomic E-state index is 0.0950. The lowest BCUT2D eigenvalue weighted by molar-refractivity contribution is -0.121. The van der Waals surface area contributed by atoms with Crippen LogP contribution < -0.4 is 15.4 Å². The molecule has 0 aromatic heterocycles. The minimum atomic E-state index is -0.646. The number of hydrogen-bond acceptors (Lipinski definition) is 3. The second-order valence-corrected chi connectivity index (χ2v) is 9.51. The molecule has 34 heavy (non-hydrogen) atoms. The van der Waals surface area contributed by atoms with E-state index in [1.54, 1.807) is 36.4 Å². The zero-order valence-corrected chi connectivity index (χ0v) is 20.8. The summed E-state index contributed by atoms with van der Waals surface area (Å²) in [6.45, 7) is 0. The first-order valence-electron chi connectivity index (χ1n) is 10.8. The molecule has 2 N–H and O–H groups in total. The molecule has 0 aliphatic heterocycles. The van der Waals surface area contributed by atoms with Crippen LogP contribution in [-0.2, 0) is 10.2 Å². The lowest BCUT2D eigenvalue weighted by Gasteiger charge is -2.28. The summed E-state index contributed by atoms with van der Waals surface area (Å²) in [6.07, 6.45) is 3.45. The lowest BCUT2D eigenvalue weighted by Crippen LogP contribution is -2.38. The number of hydrogen-bond donors (Lipinski definition) is 2. The molecule has 8 heteroatoms. The fourth-order valence-corrected chi connectivity index (χ4v) is 4.88. The average Bonchev–Trinajstić information content (AvgIpc) is 3.33. The van der Waals surface area contributed by atoms with Gasteiger partial charge in [-0.15, -0.1) is 0 Å². The van der Waals surface area contributed by atoms with Crippen LogP contribution in [0.5, 0.6) is 5.75 Å². The molecule has 0 bridgehead atoms. The highest BCUT2D eigenvalue weighted by atomic mass is 79.9. The number of rotatable bonds is 6. The molecule has 0 saturated heterocycles. The second-order valence-electron chi connectivity index (χ2n) is 8.22. The molecule has 1 saturated carbocycles. The summed E-state index contributed by atoms with van der Waals surface area (Å²) in [7, 11) is 1.46. The van der Waals surface area contributed by atoms with E-state index in [0.29, 0.717) is 22.1 Å². The Labute approximate surface area is 210 Å². The Balaban J connectivity index is 1.55. The molecule has 0 radical (unpaired) electrons. The van der Waals surface area contributed by atoms with Crippen LogP contribution in [0.15, 0.2) is 65.1 Å². The molecular formula is C26H23BrClFN2O3. The van der Waals surface area contributed by atoms with Crippen molar-refractivity contribution in [2.75, 3.05) is 17.7 Å². The fourth-order valence-electron chi connectivity index (χ4n) is 4.39. The van der Waals surface area contributed by atoms with Gasteiger partial charge in [0.25, 0.3) is 5.91 Å². The standard InChI is InChI=1S/C26H23BrClFN2O3/c1-34-22-15-18(11-12-21(22)31-24(32)19-5-4-6-20(27)23(19)29)30-25(33)26(13-2-3-14-26)16-7-9-17(28)10-8-16/h4-12,15H,2-3,13-14H2,1H3,(H,30,33)(H,31,32). The Hall–Kier alpha value is -2.90. The van der Waals surface area contributed by atoms with Gasteiger partial charge in [-0.2, -0.15) is 0 Å². The Bertz CT molecular complexity index is 1230. The maximum Gasteiger partial charge on any atom is 0.258 e. The number of ether oxygens (including phenoxy) is 1. The van der Waals surface area contributed by atoms with Crippen LogP contribution in [0.2, 0.25) is 5.02 Å². The van der Waals surface area contributed by atoms with Crippen molar-refractivity contribution in [3.8, 4) is 5.75 Å². The van der Waals surface area contributed by atoms with E-state index in [1.165, 1.54) is 19.2 Å². The van der Waals surface area contributed by atoms with Gasteiger partial charge in [0.2, 0.25) is 5.91 Å². The topological polar surface area (TPSA) is 67.4 Å². The predicted molar refractivity (Wildman–Crippen MR) is 135 cm³/mol. The van der Waals surface area contributed by atoms with Gasteiger partial charge in [0, 0.05) is 16.8 Å². The number of benzene rings is 3. The van der Waals surface area contributed by atoms with Crippen molar-refractivity contribution >= 4 is 50.7 Å². The van der Waals surface area contributed by atoms with Crippen molar-refractivity contribution in [3.63, 3.8) is 0 Å². The zero-order chi connectivity index (χ0) is 24.3. The third-order valence-corrected chi connectivity index (χ3v) is 7.06. The highest BCUT2D eigenvalue weighted by Gasteiger charge is 2.42. The molecule has 3 aromatic rings. The van der Waals surface area contributed by atoms with Crippen LogP contribution in [0.1, 0.15) is 41.6 Å². The molecule has 4 rings (SSSR count). The first-order valence-corrected chi connectivity index (χ1v) is 12.0. The van der Waals surface area contributed by atoms with Crippen molar-refractivity contribution in [2.24, 2.45) is 0 Å². The molecule has 176 valence electrons. The number of carbonyl (C=O) groups is 2. The molecule has 1 aliphatic rings. The van der Waals surface area contributed by atoms with Gasteiger partial charge in [-0.05, 0) is 70.7 Å². The van der Waals surface area contributed by atoms with Crippen LogP contribution in [0.4, 0.5) is 15.8 Å². The summed E-state index contributed by atoms with van der Waals surface area (Å²) >= 11 is 9.13. The van der Waals surface area contributed by atoms with E-state index in [1.807, 2.05) is 12.1 Å². The van der Waals surface area contributed by atoms with Gasteiger partial charge in [-0.3, -0.25) is 9.59 Å². The van der Waals surface area contributed by atoms with E-state index in [2.05, 4.69) is 26.6 Å². The van der Waals surface area contributed by atoms with Crippen molar-refractivity contribution in [3.05, 3.63) is 87.1 Å². The van der Waals surface area contributed by atoms with E-state index in [-0.39, 0.29) is 15.9 Å². The van der Waals surface area contributed by atoms with E-state index >= 15 is 0 Å². The zero-order valence-electron chi connectivity index (χ0n) is 18.5. The molecule has 1 aliphatic carbocycles. The van der Waals surface area contributed by atoms with Gasteiger partial charge >= 0.3 is 0 Å². The first-order chi connectivity index (χ1) is 16.3. The molecule has 0 atom stereocenters. The summed E-state index contributed by atoms with van der Waals surface area (Å²) < 4.78 is 19.9. The molecule has 5 nitrogen and oxygen atoms in total. The van der Waals surface area contributed by atoms with Gasteiger partial charge in [-0.25, -0.2) is 4.39 Å².